The van der Waals surface area contributed by atoms with E-state index in [2.05, 4.69) is 0 Å². The number of ether oxygens (including phenoxy) is 1. The molecule has 5 nitrogen and oxygen atoms in total. The zero-order chi connectivity index (χ0) is 16.3. The molecule has 0 aromatic heterocycles. The highest BCUT2D eigenvalue weighted by atomic mass is 32.2. The fourth-order valence-electron chi connectivity index (χ4n) is 1.52. The van der Waals surface area contributed by atoms with Gasteiger partial charge in [0.15, 0.2) is 4.90 Å². The van der Waals surface area contributed by atoms with Gasteiger partial charge in [0.25, 0.3) is 0 Å². The molecule has 21 heavy (non-hydrogen) atoms. The number of methoxy groups -OCH3 is 1. The van der Waals surface area contributed by atoms with E-state index in [1.165, 1.54) is 14.0 Å². The SMILES string of the molecule is COCCC(C)(O)CNS(=O)(=O)c1c(F)cc(F)cc1F. The zero-order valence-electron chi connectivity index (χ0n) is 11.5. The molecule has 0 heterocycles. The van der Waals surface area contributed by atoms with Crippen LogP contribution < -0.4 is 4.72 Å². The third-order valence-corrected chi connectivity index (χ3v) is 4.17. The maximum absolute atomic E-state index is 13.4. The van der Waals surface area contributed by atoms with Crippen molar-refractivity contribution in [2.24, 2.45) is 0 Å². The highest BCUT2D eigenvalue weighted by Crippen LogP contribution is 2.20. The first-order valence-electron chi connectivity index (χ1n) is 5.94. The number of rotatable bonds is 7. The molecule has 1 aromatic carbocycles. The van der Waals surface area contributed by atoms with Crippen molar-refractivity contribution in [3.63, 3.8) is 0 Å². The van der Waals surface area contributed by atoms with Crippen molar-refractivity contribution in [3.8, 4) is 0 Å². The summed E-state index contributed by atoms with van der Waals surface area (Å²) >= 11 is 0. The average Bonchev–Trinajstić information content (AvgIpc) is 2.33. The summed E-state index contributed by atoms with van der Waals surface area (Å²) < 4.78 is 70.0. The van der Waals surface area contributed by atoms with E-state index in [9.17, 15) is 26.7 Å². The fraction of sp³-hybridized carbons (Fsp3) is 0.500. The van der Waals surface area contributed by atoms with Gasteiger partial charge in [-0.1, -0.05) is 0 Å². The fourth-order valence-corrected chi connectivity index (χ4v) is 2.80. The lowest BCUT2D eigenvalue weighted by atomic mass is 10.0. The van der Waals surface area contributed by atoms with Gasteiger partial charge in [0.1, 0.15) is 17.5 Å². The molecule has 1 rings (SSSR count). The normalized spacial score (nSPS) is 15.0. The minimum atomic E-state index is -4.56. The average molecular weight is 327 g/mol. The maximum atomic E-state index is 13.4. The number of nitrogens with one attached hydrogen (secondary N) is 1. The molecule has 0 aliphatic rings. The van der Waals surface area contributed by atoms with Crippen molar-refractivity contribution in [2.75, 3.05) is 20.3 Å². The summed E-state index contributed by atoms with van der Waals surface area (Å²) in [6, 6.07) is 0.529. The summed E-state index contributed by atoms with van der Waals surface area (Å²) in [5, 5.41) is 9.88. The van der Waals surface area contributed by atoms with E-state index in [0.29, 0.717) is 0 Å². The second-order valence-electron chi connectivity index (χ2n) is 4.76. The van der Waals surface area contributed by atoms with Crippen LogP contribution in [0.4, 0.5) is 13.2 Å². The van der Waals surface area contributed by atoms with Gasteiger partial charge in [-0.05, 0) is 6.92 Å². The van der Waals surface area contributed by atoms with Gasteiger partial charge in [-0.2, -0.15) is 0 Å². The van der Waals surface area contributed by atoms with Gasteiger partial charge in [-0.15, -0.1) is 0 Å². The molecular weight excluding hydrogens is 311 g/mol. The smallest absolute Gasteiger partial charge is 0.246 e. The Bertz CT molecular complexity index is 582. The maximum Gasteiger partial charge on any atom is 0.246 e. The summed E-state index contributed by atoms with van der Waals surface area (Å²) in [6.07, 6.45) is 0.112. The Kier molecular flexibility index (Phi) is 5.74. The Morgan fingerprint density at radius 3 is 2.29 bits per heavy atom. The van der Waals surface area contributed by atoms with Crippen LogP contribution in [-0.2, 0) is 14.8 Å². The van der Waals surface area contributed by atoms with E-state index in [1.807, 2.05) is 4.72 Å². The van der Waals surface area contributed by atoms with Crippen LogP contribution in [0, 0.1) is 17.5 Å². The predicted octanol–water partition coefficient (Wildman–Crippen LogP) is 1.17. The lowest BCUT2D eigenvalue weighted by Gasteiger charge is -2.23. The lowest BCUT2D eigenvalue weighted by Crippen LogP contribution is -2.41. The molecule has 0 radical (unpaired) electrons. The minimum Gasteiger partial charge on any atom is -0.389 e. The van der Waals surface area contributed by atoms with Crippen molar-refractivity contribution in [3.05, 3.63) is 29.6 Å². The molecule has 9 heteroatoms. The van der Waals surface area contributed by atoms with E-state index >= 15 is 0 Å². The van der Waals surface area contributed by atoms with Crippen LogP contribution >= 0.6 is 0 Å². The zero-order valence-corrected chi connectivity index (χ0v) is 12.3. The summed E-state index contributed by atoms with van der Waals surface area (Å²) in [4.78, 5) is -1.29. The molecule has 0 spiro atoms. The lowest BCUT2D eigenvalue weighted by molar-refractivity contribution is 0.0291. The number of hydrogen-bond acceptors (Lipinski definition) is 4. The monoisotopic (exact) mass is 327 g/mol. The highest BCUT2D eigenvalue weighted by molar-refractivity contribution is 7.89. The Morgan fingerprint density at radius 1 is 1.29 bits per heavy atom. The number of sulfonamides is 1. The molecule has 1 unspecified atom stereocenters. The van der Waals surface area contributed by atoms with Crippen molar-refractivity contribution in [1.29, 1.82) is 0 Å². The number of halogens is 3. The molecule has 0 aliphatic carbocycles. The predicted molar refractivity (Wildman–Crippen MR) is 68.6 cm³/mol. The first-order chi connectivity index (χ1) is 9.59. The van der Waals surface area contributed by atoms with Crippen LogP contribution in [0.1, 0.15) is 13.3 Å². The molecule has 0 aliphatic heterocycles. The highest BCUT2D eigenvalue weighted by Gasteiger charge is 2.28. The number of hydrogen-bond donors (Lipinski definition) is 2. The van der Waals surface area contributed by atoms with Gasteiger partial charge in [0.05, 0.1) is 5.60 Å². The molecule has 2 N–H and O–H groups in total. The largest absolute Gasteiger partial charge is 0.389 e. The van der Waals surface area contributed by atoms with Crippen LogP contribution in [0.3, 0.4) is 0 Å². The van der Waals surface area contributed by atoms with E-state index < -0.39 is 44.5 Å². The standard InChI is InChI=1S/C12H16F3NO4S/c1-12(17,3-4-20-2)7-16-21(18,19)11-9(14)5-8(13)6-10(11)15/h5-6,16-17H,3-4,7H2,1-2H3. The Balaban J connectivity index is 2.93. The van der Waals surface area contributed by atoms with Gasteiger partial charge >= 0.3 is 0 Å². The first-order valence-corrected chi connectivity index (χ1v) is 7.43. The summed E-state index contributed by atoms with van der Waals surface area (Å²) in [6.45, 7) is 1.04. The second kappa shape index (κ2) is 6.73. The number of benzene rings is 1. The number of aliphatic hydroxyl groups is 1. The Morgan fingerprint density at radius 2 is 1.81 bits per heavy atom. The summed E-state index contributed by atoms with van der Waals surface area (Å²) in [7, 11) is -3.16. The van der Waals surface area contributed by atoms with Crippen LogP contribution in [0.15, 0.2) is 17.0 Å². The third-order valence-electron chi connectivity index (χ3n) is 2.72. The molecular formula is C12H16F3NO4S. The van der Waals surface area contributed by atoms with Crippen LogP contribution in [0.25, 0.3) is 0 Å². The van der Waals surface area contributed by atoms with Crippen molar-refractivity contribution in [1.82, 2.24) is 4.72 Å². The van der Waals surface area contributed by atoms with E-state index in [-0.39, 0.29) is 25.2 Å². The summed E-state index contributed by atoms with van der Waals surface area (Å²) in [5.74, 6) is -4.32. The van der Waals surface area contributed by atoms with Crippen LogP contribution in [0.5, 0.6) is 0 Å². The molecule has 0 saturated carbocycles. The van der Waals surface area contributed by atoms with Gasteiger partial charge in [-0.3, -0.25) is 0 Å². The molecule has 1 atom stereocenters. The minimum absolute atomic E-state index is 0.112. The molecule has 0 saturated heterocycles. The van der Waals surface area contributed by atoms with E-state index in [1.54, 1.807) is 0 Å². The molecule has 0 bridgehead atoms. The summed E-state index contributed by atoms with van der Waals surface area (Å²) in [5.41, 5.74) is -1.46. The van der Waals surface area contributed by atoms with Gasteiger partial charge < -0.3 is 9.84 Å². The van der Waals surface area contributed by atoms with Crippen molar-refractivity contribution in [2.45, 2.75) is 23.8 Å². The van der Waals surface area contributed by atoms with Gasteiger partial charge in [0, 0.05) is 38.8 Å². The van der Waals surface area contributed by atoms with E-state index in [4.69, 9.17) is 4.74 Å². The third kappa shape index (κ3) is 4.95. The Labute approximate surface area is 120 Å². The van der Waals surface area contributed by atoms with Crippen molar-refractivity contribution < 1.29 is 31.4 Å². The van der Waals surface area contributed by atoms with Gasteiger partial charge in [-0.25, -0.2) is 26.3 Å². The first kappa shape index (κ1) is 17.9. The molecule has 0 fully saturated rings. The second-order valence-corrected chi connectivity index (χ2v) is 6.47. The van der Waals surface area contributed by atoms with Crippen molar-refractivity contribution >= 4 is 10.0 Å². The quantitative estimate of drug-likeness (QED) is 0.788. The molecule has 1 aromatic rings. The van der Waals surface area contributed by atoms with Gasteiger partial charge in [0.2, 0.25) is 10.0 Å². The van der Waals surface area contributed by atoms with E-state index in [0.717, 1.165) is 0 Å². The topological polar surface area (TPSA) is 75.6 Å². The van der Waals surface area contributed by atoms with Crippen LogP contribution in [-0.4, -0.2) is 39.4 Å². The molecule has 120 valence electrons. The van der Waals surface area contributed by atoms with Crippen LogP contribution in [0.2, 0.25) is 0 Å². The molecule has 0 amide bonds. The Hall–Kier alpha value is -1.16.